The monoisotopic (exact) mass is 382 g/mol. The van der Waals surface area contributed by atoms with Crippen molar-refractivity contribution in [3.8, 4) is 5.75 Å². The van der Waals surface area contributed by atoms with Crippen molar-refractivity contribution in [2.24, 2.45) is 11.8 Å². The highest BCUT2D eigenvalue weighted by molar-refractivity contribution is 7.21. The van der Waals surface area contributed by atoms with Crippen molar-refractivity contribution in [3.63, 3.8) is 0 Å². The third kappa shape index (κ3) is 2.70. The van der Waals surface area contributed by atoms with Gasteiger partial charge in [-0.1, -0.05) is 12.1 Å². The smallest absolute Gasteiger partial charge is 0.261 e. The summed E-state index contributed by atoms with van der Waals surface area (Å²) in [6.07, 6.45) is 7.32. The van der Waals surface area contributed by atoms with Crippen molar-refractivity contribution in [2.45, 2.75) is 50.6 Å². The maximum Gasteiger partial charge on any atom is 0.261 e. The Balaban J connectivity index is 1.29. The SMILES string of the molecule is O=C(N[C@@H]1C2CCN(CC2)C1C1CC1)c1cc2ccc3c(c2s1)OCCC3. The zero-order chi connectivity index (χ0) is 18.0. The van der Waals surface area contributed by atoms with E-state index >= 15 is 0 Å². The second-order valence-electron chi connectivity index (χ2n) is 8.74. The van der Waals surface area contributed by atoms with Crippen molar-refractivity contribution in [1.29, 1.82) is 0 Å². The van der Waals surface area contributed by atoms with Gasteiger partial charge in [-0.05, 0) is 80.5 Å². The van der Waals surface area contributed by atoms with Gasteiger partial charge in [0, 0.05) is 12.1 Å². The summed E-state index contributed by atoms with van der Waals surface area (Å²) in [5.41, 5.74) is 1.29. The van der Waals surface area contributed by atoms with E-state index in [9.17, 15) is 4.79 Å². The van der Waals surface area contributed by atoms with E-state index in [1.807, 2.05) is 0 Å². The summed E-state index contributed by atoms with van der Waals surface area (Å²) in [7, 11) is 0. The molecule has 142 valence electrons. The van der Waals surface area contributed by atoms with Gasteiger partial charge in [0.05, 0.1) is 16.2 Å². The normalized spacial score (nSPS) is 32.1. The van der Waals surface area contributed by atoms with E-state index in [1.165, 1.54) is 44.3 Å². The van der Waals surface area contributed by atoms with Crippen LogP contribution in [0.5, 0.6) is 5.75 Å². The number of carbonyl (C=O) groups excluding carboxylic acids is 1. The zero-order valence-electron chi connectivity index (χ0n) is 15.6. The van der Waals surface area contributed by atoms with Gasteiger partial charge < -0.3 is 10.1 Å². The Morgan fingerprint density at radius 3 is 2.81 bits per heavy atom. The second-order valence-corrected chi connectivity index (χ2v) is 9.79. The second kappa shape index (κ2) is 6.21. The van der Waals surface area contributed by atoms with E-state index in [2.05, 4.69) is 28.4 Å². The fraction of sp³-hybridized carbons (Fsp3) is 0.591. The molecule has 1 amide bonds. The van der Waals surface area contributed by atoms with Gasteiger partial charge >= 0.3 is 0 Å². The quantitative estimate of drug-likeness (QED) is 0.877. The van der Waals surface area contributed by atoms with Crippen LogP contribution in [0.25, 0.3) is 10.1 Å². The molecule has 0 radical (unpaired) electrons. The average Bonchev–Trinajstić information content (AvgIpc) is 3.45. The van der Waals surface area contributed by atoms with Crippen LogP contribution in [-0.4, -0.2) is 42.6 Å². The van der Waals surface area contributed by atoms with Crippen molar-refractivity contribution in [3.05, 3.63) is 28.6 Å². The maximum absolute atomic E-state index is 13.2. The number of aryl methyl sites for hydroxylation is 1. The topological polar surface area (TPSA) is 41.6 Å². The summed E-state index contributed by atoms with van der Waals surface area (Å²) in [5, 5.41) is 4.61. The minimum atomic E-state index is 0.116. The first-order chi connectivity index (χ1) is 13.3. The van der Waals surface area contributed by atoms with E-state index < -0.39 is 0 Å². The molecule has 2 bridgehead atoms. The number of carbonyl (C=O) groups is 1. The predicted molar refractivity (Wildman–Crippen MR) is 108 cm³/mol. The number of nitrogens with one attached hydrogen (secondary N) is 1. The standard InChI is InChI=1S/C22H26N2O2S/c25-22(23-18-13-7-9-24(10-8-13)19(18)14-3-4-14)17-12-16-6-5-15-2-1-11-26-20(15)21(16)27-17/h5-6,12-14,18-19H,1-4,7-11H2,(H,23,25)/t18-,19?/m1/s1. The average molecular weight is 383 g/mol. The van der Waals surface area contributed by atoms with Gasteiger partial charge in [-0.15, -0.1) is 11.3 Å². The number of hydrogen-bond donors (Lipinski definition) is 1. The molecule has 7 rings (SSSR count). The molecule has 1 aromatic heterocycles. The van der Waals surface area contributed by atoms with Gasteiger partial charge in [-0.2, -0.15) is 0 Å². The van der Waals surface area contributed by atoms with Crippen molar-refractivity contribution in [1.82, 2.24) is 10.2 Å². The number of ether oxygens (including phenoxy) is 1. The number of fused-ring (bicyclic) bond motifs is 6. The first-order valence-electron chi connectivity index (χ1n) is 10.5. The first-order valence-corrected chi connectivity index (χ1v) is 11.3. The predicted octanol–water partition coefficient (Wildman–Crippen LogP) is 3.83. The van der Waals surface area contributed by atoms with Crippen molar-refractivity contribution in [2.75, 3.05) is 19.7 Å². The Labute approximate surface area is 163 Å². The fourth-order valence-corrected chi connectivity index (χ4v) is 6.64. The van der Waals surface area contributed by atoms with Gasteiger partial charge in [-0.25, -0.2) is 0 Å². The molecule has 4 aliphatic heterocycles. The van der Waals surface area contributed by atoms with Crippen LogP contribution in [0.1, 0.15) is 47.3 Å². The van der Waals surface area contributed by atoms with Crippen LogP contribution in [0.4, 0.5) is 0 Å². The maximum atomic E-state index is 13.2. The van der Waals surface area contributed by atoms with Gasteiger partial charge in [0.1, 0.15) is 5.75 Å². The molecule has 1 unspecified atom stereocenters. The summed E-state index contributed by atoms with van der Waals surface area (Å²) in [6, 6.07) is 7.29. The molecule has 0 spiro atoms. The molecule has 5 heterocycles. The number of benzene rings is 1. The Morgan fingerprint density at radius 1 is 1.15 bits per heavy atom. The molecule has 3 saturated heterocycles. The van der Waals surface area contributed by atoms with Gasteiger partial charge in [0.15, 0.2) is 0 Å². The Hall–Kier alpha value is -1.59. The molecule has 27 heavy (non-hydrogen) atoms. The van der Waals surface area contributed by atoms with Crippen LogP contribution in [0.2, 0.25) is 0 Å². The molecule has 5 aliphatic rings. The van der Waals surface area contributed by atoms with E-state index in [0.717, 1.165) is 46.1 Å². The molecule has 5 heteroatoms. The fourth-order valence-electron chi connectivity index (χ4n) is 5.56. The lowest BCUT2D eigenvalue weighted by molar-refractivity contribution is 0.00352. The van der Waals surface area contributed by atoms with Gasteiger partial charge in [0.2, 0.25) is 0 Å². The number of thiophene rings is 1. The minimum Gasteiger partial charge on any atom is -0.492 e. The molecule has 1 aromatic carbocycles. The third-order valence-electron chi connectivity index (χ3n) is 7.06. The number of amides is 1. The highest BCUT2D eigenvalue weighted by atomic mass is 32.1. The highest BCUT2D eigenvalue weighted by Crippen LogP contribution is 2.45. The molecule has 4 nitrogen and oxygen atoms in total. The number of rotatable bonds is 3. The van der Waals surface area contributed by atoms with Crippen LogP contribution in [-0.2, 0) is 6.42 Å². The van der Waals surface area contributed by atoms with Crippen molar-refractivity contribution >= 4 is 27.3 Å². The van der Waals surface area contributed by atoms with E-state index in [1.54, 1.807) is 11.3 Å². The number of piperidine rings is 3. The van der Waals surface area contributed by atoms with Gasteiger partial charge in [-0.3, -0.25) is 9.69 Å². The highest BCUT2D eigenvalue weighted by Gasteiger charge is 2.49. The molecule has 4 fully saturated rings. The lowest BCUT2D eigenvalue weighted by atomic mass is 9.77. The van der Waals surface area contributed by atoms with E-state index in [0.29, 0.717) is 18.0 Å². The largest absolute Gasteiger partial charge is 0.492 e. The zero-order valence-corrected chi connectivity index (χ0v) is 16.4. The third-order valence-corrected chi connectivity index (χ3v) is 8.21. The minimum absolute atomic E-state index is 0.116. The summed E-state index contributed by atoms with van der Waals surface area (Å²) < 4.78 is 7.09. The molecule has 2 aromatic rings. The summed E-state index contributed by atoms with van der Waals surface area (Å²) in [5.74, 6) is 2.60. The van der Waals surface area contributed by atoms with Crippen LogP contribution in [0.15, 0.2) is 18.2 Å². The van der Waals surface area contributed by atoms with Crippen molar-refractivity contribution < 1.29 is 9.53 Å². The number of nitrogens with zero attached hydrogens (tertiary/aromatic N) is 1. The van der Waals surface area contributed by atoms with E-state index in [-0.39, 0.29) is 5.91 Å². The molecule has 1 N–H and O–H groups in total. The molecular weight excluding hydrogens is 356 g/mol. The lowest BCUT2D eigenvalue weighted by Gasteiger charge is -2.51. The Morgan fingerprint density at radius 2 is 2.00 bits per heavy atom. The van der Waals surface area contributed by atoms with Crippen LogP contribution in [0.3, 0.4) is 0 Å². The molecule has 1 aliphatic carbocycles. The van der Waals surface area contributed by atoms with Crippen LogP contribution >= 0.6 is 11.3 Å². The molecular formula is C22H26N2O2S. The van der Waals surface area contributed by atoms with Crippen LogP contribution in [0, 0.1) is 11.8 Å². The summed E-state index contributed by atoms with van der Waals surface area (Å²) in [6.45, 7) is 3.24. The molecule has 2 atom stereocenters. The van der Waals surface area contributed by atoms with E-state index in [4.69, 9.17) is 4.74 Å². The Bertz CT molecular complexity index is 895. The number of hydrogen-bond acceptors (Lipinski definition) is 4. The lowest BCUT2D eigenvalue weighted by Crippen LogP contribution is -2.64. The Kier molecular flexibility index (Phi) is 3.77. The first kappa shape index (κ1) is 16.4. The van der Waals surface area contributed by atoms with Crippen LogP contribution < -0.4 is 10.1 Å². The summed E-state index contributed by atoms with van der Waals surface area (Å²) >= 11 is 1.60. The summed E-state index contributed by atoms with van der Waals surface area (Å²) in [4.78, 5) is 16.6. The van der Waals surface area contributed by atoms with Gasteiger partial charge in [0.25, 0.3) is 5.91 Å². The molecule has 1 saturated carbocycles.